The molecular formula is C15H22N2OS. The third-order valence-electron chi connectivity index (χ3n) is 3.95. The molecule has 1 saturated carbocycles. The van der Waals surface area contributed by atoms with Crippen molar-refractivity contribution < 1.29 is 4.79 Å². The Bertz CT molecular complexity index is 442. The third-order valence-corrected chi connectivity index (χ3v) is 4.74. The molecule has 4 heteroatoms. The van der Waals surface area contributed by atoms with Gasteiger partial charge in [0.15, 0.2) is 0 Å². The van der Waals surface area contributed by atoms with E-state index in [4.69, 9.17) is 5.73 Å². The van der Waals surface area contributed by atoms with E-state index >= 15 is 0 Å². The maximum absolute atomic E-state index is 12.6. The number of nitrogens with two attached hydrogens (primary N) is 1. The van der Waals surface area contributed by atoms with Gasteiger partial charge in [-0.15, -0.1) is 11.8 Å². The summed E-state index contributed by atoms with van der Waals surface area (Å²) in [5.41, 5.74) is 6.74. The van der Waals surface area contributed by atoms with E-state index in [1.165, 1.54) is 0 Å². The molecule has 1 aliphatic carbocycles. The van der Waals surface area contributed by atoms with Crippen molar-refractivity contribution in [2.24, 2.45) is 5.73 Å². The second-order valence-corrected chi connectivity index (χ2v) is 6.03. The molecule has 0 saturated heterocycles. The molecule has 0 bridgehead atoms. The summed E-state index contributed by atoms with van der Waals surface area (Å²) >= 11 is 1.62. The zero-order chi connectivity index (χ0) is 13.8. The number of rotatable bonds is 3. The van der Waals surface area contributed by atoms with Crippen LogP contribution in [0.4, 0.5) is 0 Å². The zero-order valence-corrected chi connectivity index (χ0v) is 12.5. The monoisotopic (exact) mass is 278 g/mol. The van der Waals surface area contributed by atoms with Gasteiger partial charge < -0.3 is 10.6 Å². The van der Waals surface area contributed by atoms with Gasteiger partial charge in [-0.05, 0) is 44.1 Å². The van der Waals surface area contributed by atoms with Crippen molar-refractivity contribution in [2.45, 2.75) is 42.7 Å². The first kappa shape index (κ1) is 14.4. The number of nitrogens with zero attached hydrogens (tertiary/aromatic N) is 1. The highest BCUT2D eigenvalue weighted by Crippen LogP contribution is 2.25. The average molecular weight is 278 g/mol. The Kier molecular flexibility index (Phi) is 4.88. The smallest absolute Gasteiger partial charge is 0.254 e. The fourth-order valence-electron chi connectivity index (χ4n) is 2.67. The first-order valence-electron chi connectivity index (χ1n) is 6.79. The van der Waals surface area contributed by atoms with E-state index in [0.717, 1.165) is 36.1 Å². The molecule has 0 atom stereocenters. The van der Waals surface area contributed by atoms with Crippen LogP contribution in [0.5, 0.6) is 0 Å². The zero-order valence-electron chi connectivity index (χ0n) is 11.6. The molecule has 1 amide bonds. The Labute approximate surface area is 119 Å². The molecule has 0 aromatic heterocycles. The van der Waals surface area contributed by atoms with Gasteiger partial charge in [-0.3, -0.25) is 4.79 Å². The van der Waals surface area contributed by atoms with Crippen LogP contribution in [-0.4, -0.2) is 36.2 Å². The van der Waals surface area contributed by atoms with Gasteiger partial charge in [0, 0.05) is 24.0 Å². The van der Waals surface area contributed by atoms with Gasteiger partial charge in [-0.25, -0.2) is 0 Å². The molecule has 19 heavy (non-hydrogen) atoms. The number of carbonyl (C=O) groups excluding carboxylic acids is 1. The number of benzene rings is 1. The maximum Gasteiger partial charge on any atom is 0.254 e. The SMILES string of the molecule is CSc1ccccc1C(=O)N(C)C1CCC(N)CC1. The highest BCUT2D eigenvalue weighted by molar-refractivity contribution is 7.98. The molecule has 104 valence electrons. The Morgan fingerprint density at radius 3 is 2.53 bits per heavy atom. The highest BCUT2D eigenvalue weighted by Gasteiger charge is 2.26. The van der Waals surface area contributed by atoms with Crippen molar-refractivity contribution in [3.05, 3.63) is 29.8 Å². The van der Waals surface area contributed by atoms with Crippen LogP contribution in [0.15, 0.2) is 29.2 Å². The lowest BCUT2D eigenvalue weighted by Gasteiger charge is -2.33. The van der Waals surface area contributed by atoms with Gasteiger partial charge in [0.05, 0.1) is 5.56 Å². The fraction of sp³-hybridized carbons (Fsp3) is 0.533. The van der Waals surface area contributed by atoms with Crippen molar-refractivity contribution in [3.63, 3.8) is 0 Å². The van der Waals surface area contributed by atoms with Crippen molar-refractivity contribution in [2.75, 3.05) is 13.3 Å². The predicted molar refractivity (Wildman–Crippen MR) is 80.5 cm³/mol. The van der Waals surface area contributed by atoms with E-state index in [1.54, 1.807) is 11.8 Å². The summed E-state index contributed by atoms with van der Waals surface area (Å²) < 4.78 is 0. The molecule has 2 rings (SSSR count). The summed E-state index contributed by atoms with van der Waals surface area (Å²) in [5.74, 6) is 0.130. The lowest BCUT2D eigenvalue weighted by molar-refractivity contribution is 0.0686. The standard InChI is InChI=1S/C15H22N2OS/c1-17(12-9-7-11(16)8-10-12)15(18)13-5-3-4-6-14(13)19-2/h3-6,11-12H,7-10,16H2,1-2H3. The second-order valence-electron chi connectivity index (χ2n) is 5.18. The number of hydrogen-bond donors (Lipinski definition) is 1. The molecule has 1 aromatic carbocycles. The molecule has 3 nitrogen and oxygen atoms in total. The van der Waals surface area contributed by atoms with Gasteiger partial charge in [0.1, 0.15) is 0 Å². The van der Waals surface area contributed by atoms with Gasteiger partial charge in [0.2, 0.25) is 0 Å². The van der Waals surface area contributed by atoms with Gasteiger partial charge in [0.25, 0.3) is 5.91 Å². The Morgan fingerprint density at radius 2 is 1.89 bits per heavy atom. The first-order valence-corrected chi connectivity index (χ1v) is 8.01. The lowest BCUT2D eigenvalue weighted by Crippen LogP contribution is -2.42. The van der Waals surface area contributed by atoms with Gasteiger partial charge >= 0.3 is 0 Å². The van der Waals surface area contributed by atoms with Crippen LogP contribution in [0, 0.1) is 0 Å². The quantitative estimate of drug-likeness (QED) is 0.865. The maximum atomic E-state index is 12.6. The van der Waals surface area contributed by atoms with E-state index in [1.807, 2.05) is 42.5 Å². The van der Waals surface area contributed by atoms with Gasteiger partial charge in [-0.1, -0.05) is 12.1 Å². The molecule has 0 aliphatic heterocycles. The minimum Gasteiger partial charge on any atom is -0.339 e. The summed E-state index contributed by atoms with van der Waals surface area (Å²) in [6.07, 6.45) is 6.08. The van der Waals surface area contributed by atoms with Crippen LogP contribution in [0.2, 0.25) is 0 Å². The molecule has 0 unspecified atom stereocenters. The minimum absolute atomic E-state index is 0.130. The fourth-order valence-corrected chi connectivity index (χ4v) is 3.26. The normalized spacial score (nSPS) is 23.1. The summed E-state index contributed by atoms with van der Waals surface area (Å²) in [7, 11) is 1.92. The Hall–Kier alpha value is -1.00. The van der Waals surface area contributed by atoms with E-state index in [-0.39, 0.29) is 5.91 Å². The van der Waals surface area contributed by atoms with Crippen molar-refractivity contribution in [1.82, 2.24) is 4.90 Å². The van der Waals surface area contributed by atoms with Crippen LogP contribution in [-0.2, 0) is 0 Å². The average Bonchev–Trinajstić information content (AvgIpc) is 2.46. The summed E-state index contributed by atoms with van der Waals surface area (Å²) in [4.78, 5) is 15.5. The molecular weight excluding hydrogens is 256 g/mol. The summed E-state index contributed by atoms with van der Waals surface area (Å²) in [5, 5.41) is 0. The summed E-state index contributed by atoms with van der Waals surface area (Å²) in [6, 6.07) is 8.47. The topological polar surface area (TPSA) is 46.3 Å². The summed E-state index contributed by atoms with van der Waals surface area (Å²) in [6.45, 7) is 0. The molecule has 0 spiro atoms. The third kappa shape index (κ3) is 3.31. The van der Waals surface area contributed by atoms with Crippen molar-refractivity contribution in [1.29, 1.82) is 0 Å². The van der Waals surface area contributed by atoms with E-state index < -0.39 is 0 Å². The second kappa shape index (κ2) is 6.44. The Balaban J connectivity index is 2.10. The van der Waals surface area contributed by atoms with Crippen molar-refractivity contribution >= 4 is 17.7 Å². The van der Waals surface area contributed by atoms with Crippen molar-refractivity contribution in [3.8, 4) is 0 Å². The van der Waals surface area contributed by atoms with Crippen LogP contribution < -0.4 is 5.73 Å². The number of thioether (sulfide) groups is 1. The number of amides is 1. The number of hydrogen-bond acceptors (Lipinski definition) is 3. The van der Waals surface area contributed by atoms with E-state index in [0.29, 0.717) is 12.1 Å². The van der Waals surface area contributed by atoms with E-state index in [2.05, 4.69) is 0 Å². The van der Waals surface area contributed by atoms with Crippen LogP contribution >= 0.6 is 11.8 Å². The highest BCUT2D eigenvalue weighted by atomic mass is 32.2. The van der Waals surface area contributed by atoms with Crippen LogP contribution in [0.3, 0.4) is 0 Å². The molecule has 1 aromatic rings. The number of carbonyl (C=O) groups is 1. The Morgan fingerprint density at radius 1 is 1.26 bits per heavy atom. The molecule has 2 N–H and O–H groups in total. The first-order chi connectivity index (χ1) is 9.13. The lowest BCUT2D eigenvalue weighted by atomic mass is 9.90. The van der Waals surface area contributed by atoms with Gasteiger partial charge in [-0.2, -0.15) is 0 Å². The van der Waals surface area contributed by atoms with E-state index in [9.17, 15) is 4.79 Å². The predicted octanol–water partition coefficient (Wildman–Crippen LogP) is 2.75. The van der Waals surface area contributed by atoms with Crippen LogP contribution in [0.1, 0.15) is 36.0 Å². The largest absolute Gasteiger partial charge is 0.339 e. The molecule has 0 radical (unpaired) electrons. The molecule has 1 fully saturated rings. The van der Waals surface area contributed by atoms with Crippen LogP contribution in [0.25, 0.3) is 0 Å². The molecule has 0 heterocycles. The minimum atomic E-state index is 0.130. The molecule has 1 aliphatic rings.